The van der Waals surface area contributed by atoms with E-state index in [1.807, 2.05) is 6.08 Å². The molecule has 5 nitrogen and oxygen atoms in total. The van der Waals surface area contributed by atoms with Crippen molar-refractivity contribution in [1.82, 2.24) is 0 Å². The quantitative estimate of drug-likeness (QED) is 0.448. The van der Waals surface area contributed by atoms with E-state index in [0.717, 1.165) is 12.8 Å². The number of alkyl halides is 1. The molecule has 2 aliphatic carbocycles. The number of hydrogen-bond donors (Lipinski definition) is 1. The predicted molar refractivity (Wildman–Crippen MR) is 119 cm³/mol. The summed E-state index contributed by atoms with van der Waals surface area (Å²) in [7, 11) is 0. The van der Waals surface area contributed by atoms with Crippen molar-refractivity contribution >= 4 is 29.1 Å². The number of rotatable bonds is 4. The monoisotopic (exact) mass is 460 g/mol. The topological polar surface area (TPSA) is 72.8 Å². The van der Waals surface area contributed by atoms with Crippen LogP contribution in [0.15, 0.2) is 53.8 Å². The number of Topliss-reactive ketones (excluding diaryl/α,β-unsaturated/α-hetero) is 1. The number of hydrogen-bond acceptors (Lipinski definition) is 4. The van der Waals surface area contributed by atoms with Gasteiger partial charge in [-0.2, -0.15) is 0 Å². The maximum absolute atomic E-state index is 14.6. The highest BCUT2D eigenvalue weighted by molar-refractivity contribution is 6.27. The van der Waals surface area contributed by atoms with Crippen molar-refractivity contribution in [2.45, 2.75) is 56.6 Å². The van der Waals surface area contributed by atoms with E-state index in [9.17, 15) is 19.1 Å². The molecule has 1 aliphatic heterocycles. The van der Waals surface area contributed by atoms with Gasteiger partial charge >= 0.3 is 6.16 Å². The van der Waals surface area contributed by atoms with Gasteiger partial charge in [-0.1, -0.05) is 36.4 Å². The lowest BCUT2D eigenvalue weighted by Crippen LogP contribution is -2.53. The molecule has 1 heterocycles. The van der Waals surface area contributed by atoms with E-state index >= 15 is 0 Å². The van der Waals surface area contributed by atoms with Gasteiger partial charge in [0.2, 0.25) is 0 Å². The van der Waals surface area contributed by atoms with Crippen LogP contribution in [0, 0.1) is 17.7 Å². The van der Waals surface area contributed by atoms with E-state index in [1.54, 1.807) is 58.0 Å². The Bertz CT molecular complexity index is 1080. The van der Waals surface area contributed by atoms with E-state index in [4.69, 9.17) is 21.1 Å². The van der Waals surface area contributed by atoms with Gasteiger partial charge in [0.1, 0.15) is 17.0 Å². The number of carbonyl (C=O) groups is 2. The number of ether oxygens (including phenoxy) is 2. The summed E-state index contributed by atoms with van der Waals surface area (Å²) in [4.78, 5) is 24.2. The lowest BCUT2D eigenvalue weighted by molar-refractivity contribution is -0.163. The van der Waals surface area contributed by atoms with Crippen LogP contribution in [-0.4, -0.2) is 33.1 Å². The fraction of sp³-hybridized carbons (Fsp3) is 0.440. The molecule has 0 saturated heterocycles. The molecule has 1 saturated carbocycles. The van der Waals surface area contributed by atoms with Crippen molar-refractivity contribution in [1.29, 1.82) is 0 Å². The molecule has 3 aliphatic rings. The van der Waals surface area contributed by atoms with Gasteiger partial charge in [0.25, 0.3) is 0 Å². The highest BCUT2D eigenvalue weighted by Gasteiger charge is 2.56. The average molecular weight is 461 g/mol. The third-order valence-electron chi connectivity index (χ3n) is 6.32. The number of halogens is 2. The summed E-state index contributed by atoms with van der Waals surface area (Å²) in [6, 6.07) is 6.36. The maximum Gasteiger partial charge on any atom is 0.511 e. The van der Waals surface area contributed by atoms with Gasteiger partial charge in [-0.25, -0.2) is 9.18 Å². The Kier molecular flexibility index (Phi) is 5.37. The molecular formula is C25H26ClFO5. The Morgan fingerprint density at radius 2 is 1.84 bits per heavy atom. The molecule has 32 heavy (non-hydrogen) atoms. The first kappa shape index (κ1) is 22.7. The van der Waals surface area contributed by atoms with Gasteiger partial charge < -0.3 is 14.6 Å². The Hall–Kier alpha value is -2.44. The second kappa shape index (κ2) is 7.56. The molecule has 0 amide bonds. The lowest BCUT2D eigenvalue weighted by Gasteiger charge is -2.45. The number of allylic oxidation sites excluding steroid dienone is 4. The van der Waals surface area contributed by atoms with Crippen LogP contribution in [0.5, 0.6) is 0 Å². The SMILES string of the molecule is CC1(C)OC(C)(C)C(OC(=O)O)=C(C2C=C(c3ccccc3F)C=CC2(Cl)C2CC2)C1=O. The number of ketones is 1. The first-order chi connectivity index (χ1) is 14.9. The standard InChI is InChI=1S/C25H26ClFO5/c1-23(2)20(28)19(21(31-22(29)30)24(3,4)32-23)17-13-14(16-7-5-6-8-18(16)27)11-12-25(17,26)15-9-10-15/h5-8,11-13,15,17H,9-10H2,1-4H3,(H,29,30). The minimum absolute atomic E-state index is 0.0792. The van der Waals surface area contributed by atoms with Crippen LogP contribution in [-0.2, 0) is 14.3 Å². The second-order valence-electron chi connectivity index (χ2n) is 9.58. The predicted octanol–water partition coefficient (Wildman–Crippen LogP) is 5.89. The Morgan fingerprint density at radius 3 is 2.44 bits per heavy atom. The first-order valence-electron chi connectivity index (χ1n) is 10.6. The largest absolute Gasteiger partial charge is 0.511 e. The minimum Gasteiger partial charge on any atom is -0.449 e. The van der Waals surface area contributed by atoms with Crippen molar-refractivity contribution in [3.8, 4) is 0 Å². The summed E-state index contributed by atoms with van der Waals surface area (Å²) in [5, 5.41) is 9.41. The summed E-state index contributed by atoms with van der Waals surface area (Å²) in [6.07, 6.45) is 5.57. The van der Waals surface area contributed by atoms with Crippen molar-refractivity contribution in [3.05, 3.63) is 65.2 Å². The molecule has 0 aromatic heterocycles. The van der Waals surface area contributed by atoms with Crippen molar-refractivity contribution in [2.75, 3.05) is 0 Å². The van der Waals surface area contributed by atoms with Crippen LogP contribution in [0.4, 0.5) is 9.18 Å². The van der Waals surface area contributed by atoms with Crippen LogP contribution in [0.2, 0.25) is 0 Å². The van der Waals surface area contributed by atoms with Gasteiger partial charge in [-0.3, -0.25) is 4.79 Å². The highest BCUT2D eigenvalue weighted by Crippen LogP contribution is 2.56. The molecule has 170 valence electrons. The minimum atomic E-state index is -1.54. The Labute approximate surface area is 191 Å². The molecule has 2 unspecified atom stereocenters. The van der Waals surface area contributed by atoms with Crippen LogP contribution in [0.3, 0.4) is 0 Å². The Balaban J connectivity index is 1.96. The van der Waals surface area contributed by atoms with Gasteiger partial charge in [0.05, 0.1) is 4.87 Å². The molecule has 7 heteroatoms. The van der Waals surface area contributed by atoms with Crippen LogP contribution >= 0.6 is 11.6 Å². The Morgan fingerprint density at radius 1 is 1.19 bits per heavy atom. The van der Waals surface area contributed by atoms with Crippen LogP contribution in [0.1, 0.15) is 46.1 Å². The molecule has 1 aromatic carbocycles. The fourth-order valence-corrected chi connectivity index (χ4v) is 5.26. The van der Waals surface area contributed by atoms with E-state index < -0.39 is 39.8 Å². The normalized spacial score (nSPS) is 29.0. The van der Waals surface area contributed by atoms with Gasteiger partial charge in [0, 0.05) is 17.1 Å². The summed E-state index contributed by atoms with van der Waals surface area (Å²) in [6.45, 7) is 6.60. The fourth-order valence-electron chi connectivity index (χ4n) is 4.81. The molecule has 1 fully saturated rings. The summed E-state index contributed by atoms with van der Waals surface area (Å²) in [5.41, 5.74) is -1.31. The van der Waals surface area contributed by atoms with Gasteiger partial charge in [-0.05, 0) is 58.1 Å². The van der Waals surface area contributed by atoms with E-state index in [1.165, 1.54) is 6.07 Å². The maximum atomic E-state index is 14.6. The zero-order valence-electron chi connectivity index (χ0n) is 18.4. The summed E-state index contributed by atoms with van der Waals surface area (Å²) >= 11 is 7.16. The van der Waals surface area contributed by atoms with E-state index in [-0.39, 0.29) is 17.3 Å². The van der Waals surface area contributed by atoms with Crippen LogP contribution in [0.25, 0.3) is 5.57 Å². The number of carboxylic acid groups (broad SMARTS) is 1. The second-order valence-corrected chi connectivity index (χ2v) is 10.2. The molecule has 0 radical (unpaired) electrons. The molecule has 1 N–H and O–H groups in total. The number of carbonyl (C=O) groups excluding carboxylic acids is 1. The van der Waals surface area contributed by atoms with Gasteiger partial charge in [0.15, 0.2) is 11.5 Å². The molecule has 0 bridgehead atoms. The van der Waals surface area contributed by atoms with Crippen molar-refractivity contribution in [2.24, 2.45) is 11.8 Å². The van der Waals surface area contributed by atoms with Crippen molar-refractivity contribution in [3.63, 3.8) is 0 Å². The summed E-state index contributed by atoms with van der Waals surface area (Å²) in [5.74, 6) is -1.50. The third-order valence-corrected chi connectivity index (χ3v) is 6.99. The first-order valence-corrected chi connectivity index (χ1v) is 11.0. The summed E-state index contributed by atoms with van der Waals surface area (Å²) < 4.78 is 25.7. The lowest BCUT2D eigenvalue weighted by atomic mass is 9.70. The highest BCUT2D eigenvalue weighted by atomic mass is 35.5. The average Bonchev–Trinajstić information content (AvgIpc) is 3.53. The molecule has 4 rings (SSSR count). The molecule has 1 aromatic rings. The zero-order chi connectivity index (χ0) is 23.5. The third kappa shape index (κ3) is 3.80. The zero-order valence-corrected chi connectivity index (χ0v) is 19.2. The molecule has 2 atom stereocenters. The van der Waals surface area contributed by atoms with E-state index in [2.05, 4.69) is 0 Å². The number of benzene rings is 1. The van der Waals surface area contributed by atoms with Crippen molar-refractivity contribution < 1.29 is 28.6 Å². The molecular weight excluding hydrogens is 435 g/mol. The van der Waals surface area contributed by atoms with Gasteiger partial charge in [-0.15, -0.1) is 11.6 Å². The molecule has 0 spiro atoms. The smallest absolute Gasteiger partial charge is 0.449 e. The van der Waals surface area contributed by atoms with Crippen LogP contribution < -0.4 is 0 Å². The van der Waals surface area contributed by atoms with E-state index in [0.29, 0.717) is 11.1 Å².